The van der Waals surface area contributed by atoms with Crippen LogP contribution in [0.3, 0.4) is 0 Å². The van der Waals surface area contributed by atoms with Crippen LogP contribution in [0.25, 0.3) is 6.08 Å². The van der Waals surface area contributed by atoms with Crippen LogP contribution in [0.4, 0.5) is 10.1 Å². The molecule has 2 heterocycles. The lowest BCUT2D eigenvalue weighted by Crippen LogP contribution is -2.21. The van der Waals surface area contributed by atoms with Crippen molar-refractivity contribution in [1.29, 1.82) is 0 Å². The molecule has 2 aromatic rings. The number of hydrazone groups is 1. The quantitative estimate of drug-likeness (QED) is 0.572. The van der Waals surface area contributed by atoms with Gasteiger partial charge in [0, 0.05) is 0 Å². The van der Waals surface area contributed by atoms with Crippen LogP contribution in [0.2, 0.25) is 0 Å². The van der Waals surface area contributed by atoms with Crippen molar-refractivity contribution in [3.05, 3.63) is 56.3 Å². The molecule has 1 aromatic heterocycles. The van der Waals surface area contributed by atoms with Gasteiger partial charge in [0.05, 0.1) is 17.0 Å². The molecule has 1 aromatic carbocycles. The smallest absolute Gasteiger partial charge is 0.280 e. The van der Waals surface area contributed by atoms with Gasteiger partial charge in [-0.3, -0.25) is 14.6 Å². The Labute approximate surface area is 139 Å². The van der Waals surface area contributed by atoms with Crippen molar-refractivity contribution in [3.8, 4) is 5.88 Å². The highest BCUT2D eigenvalue weighted by Gasteiger charge is 2.29. The normalized spacial score (nSPS) is 15.9. The van der Waals surface area contributed by atoms with Gasteiger partial charge in [-0.1, -0.05) is 0 Å². The molecule has 0 aliphatic carbocycles. The maximum absolute atomic E-state index is 13.0. The predicted octanol–water partition coefficient (Wildman–Crippen LogP) is 2.08. The van der Waals surface area contributed by atoms with Crippen LogP contribution in [-0.2, 0) is 4.79 Å². The van der Waals surface area contributed by atoms with Crippen molar-refractivity contribution >= 4 is 35.6 Å². The summed E-state index contributed by atoms with van der Waals surface area (Å²) in [6.07, 6.45) is 1.23. The molecule has 122 valence electrons. The number of rotatable bonds is 2. The van der Waals surface area contributed by atoms with Gasteiger partial charge in [0.15, 0.2) is 4.77 Å². The monoisotopic (exact) mass is 346 g/mol. The molecule has 7 nitrogen and oxygen atoms in total. The Bertz CT molecular complexity index is 1000. The summed E-state index contributed by atoms with van der Waals surface area (Å²) < 4.78 is 13.0. The predicted molar refractivity (Wildman–Crippen MR) is 88.9 cm³/mol. The van der Waals surface area contributed by atoms with Gasteiger partial charge >= 0.3 is 0 Å². The zero-order valence-corrected chi connectivity index (χ0v) is 13.1. The number of nitrogens with zero attached hydrogens (tertiary/aromatic N) is 2. The van der Waals surface area contributed by atoms with E-state index in [2.05, 4.69) is 15.1 Å². The fraction of sp³-hybridized carbons (Fsp3) is 0.0667. The van der Waals surface area contributed by atoms with Crippen LogP contribution in [0.1, 0.15) is 12.5 Å². The molecule has 3 N–H and O–H groups in total. The molecular formula is C15H11FN4O3S. The number of H-pyrrole nitrogens is 2. The number of anilines is 1. The molecule has 0 saturated heterocycles. The topological polar surface area (TPSA) is 102 Å². The molecule has 1 aliphatic heterocycles. The maximum Gasteiger partial charge on any atom is 0.280 e. The van der Waals surface area contributed by atoms with Gasteiger partial charge in [-0.05, 0) is 49.5 Å². The molecule has 24 heavy (non-hydrogen) atoms. The number of nitrogens with one attached hydrogen (secondary N) is 2. The number of amides is 1. The minimum Gasteiger partial charge on any atom is -0.494 e. The number of hydrogen-bond acceptors (Lipinski definition) is 5. The molecule has 0 atom stereocenters. The molecule has 0 radical (unpaired) electrons. The van der Waals surface area contributed by atoms with Crippen LogP contribution < -0.4 is 10.6 Å². The minimum absolute atomic E-state index is 0.0317. The van der Waals surface area contributed by atoms with Gasteiger partial charge in [0.1, 0.15) is 11.4 Å². The molecular weight excluding hydrogens is 335 g/mol. The van der Waals surface area contributed by atoms with E-state index in [0.29, 0.717) is 11.4 Å². The molecule has 1 aliphatic rings. The van der Waals surface area contributed by atoms with Crippen LogP contribution in [0, 0.1) is 10.6 Å². The third-order valence-corrected chi connectivity index (χ3v) is 3.59. The zero-order chi connectivity index (χ0) is 17.4. The van der Waals surface area contributed by atoms with Gasteiger partial charge in [0.2, 0.25) is 5.88 Å². The van der Waals surface area contributed by atoms with E-state index in [1.165, 1.54) is 30.3 Å². The molecule has 0 saturated carbocycles. The van der Waals surface area contributed by atoms with Crippen molar-refractivity contribution in [2.75, 3.05) is 5.01 Å². The number of hydrogen-bond donors (Lipinski definition) is 3. The number of carbonyl (C=O) groups is 1. The van der Waals surface area contributed by atoms with E-state index in [1.54, 1.807) is 6.92 Å². The zero-order valence-electron chi connectivity index (χ0n) is 12.3. The average Bonchev–Trinajstić information content (AvgIpc) is 2.79. The maximum atomic E-state index is 13.0. The highest BCUT2D eigenvalue weighted by atomic mass is 32.1. The average molecular weight is 346 g/mol. The van der Waals surface area contributed by atoms with Gasteiger partial charge in [-0.25, -0.2) is 4.39 Å². The van der Waals surface area contributed by atoms with Crippen molar-refractivity contribution in [1.82, 2.24) is 9.97 Å². The minimum atomic E-state index is -0.635. The molecule has 0 bridgehead atoms. The molecule has 1 amide bonds. The Hall–Kier alpha value is -3.07. The first-order chi connectivity index (χ1) is 11.4. The summed E-state index contributed by atoms with van der Waals surface area (Å²) in [5.41, 5.74) is 0.0954. The van der Waals surface area contributed by atoms with Crippen LogP contribution in [-0.4, -0.2) is 26.7 Å². The number of aromatic nitrogens is 2. The van der Waals surface area contributed by atoms with Crippen molar-refractivity contribution < 1.29 is 14.3 Å². The van der Waals surface area contributed by atoms with E-state index < -0.39 is 23.2 Å². The lowest BCUT2D eigenvalue weighted by atomic mass is 10.1. The Morgan fingerprint density at radius 2 is 1.92 bits per heavy atom. The first kappa shape index (κ1) is 15.8. The Balaban J connectivity index is 2.04. The van der Waals surface area contributed by atoms with E-state index >= 15 is 0 Å². The Kier molecular flexibility index (Phi) is 3.86. The van der Waals surface area contributed by atoms with E-state index in [-0.39, 0.29) is 15.9 Å². The Morgan fingerprint density at radius 1 is 1.25 bits per heavy atom. The summed E-state index contributed by atoms with van der Waals surface area (Å²) in [4.78, 5) is 29.1. The number of halogens is 1. The second-order valence-corrected chi connectivity index (χ2v) is 5.42. The summed E-state index contributed by atoms with van der Waals surface area (Å²) >= 11 is 4.75. The van der Waals surface area contributed by atoms with Gasteiger partial charge < -0.3 is 10.1 Å². The summed E-state index contributed by atoms with van der Waals surface area (Å²) in [5.74, 6) is -1.38. The van der Waals surface area contributed by atoms with Crippen LogP contribution in [0.15, 0.2) is 39.7 Å². The van der Waals surface area contributed by atoms with E-state index in [0.717, 1.165) is 5.01 Å². The van der Waals surface area contributed by atoms with Gasteiger partial charge in [-0.15, -0.1) is 0 Å². The van der Waals surface area contributed by atoms with E-state index in [9.17, 15) is 19.1 Å². The van der Waals surface area contributed by atoms with Crippen molar-refractivity contribution in [3.63, 3.8) is 0 Å². The summed E-state index contributed by atoms with van der Waals surface area (Å²) in [6, 6.07) is 5.25. The Morgan fingerprint density at radius 3 is 2.54 bits per heavy atom. The standard InChI is InChI=1S/C15H11FN4O3S/c1-7-10(6-11-12(21)17-15(24)18-13(11)22)14(23)20(19-7)9-4-2-8(16)3-5-9/h2-6H,1H3,(H3,17,18,21,22,24). The fourth-order valence-corrected chi connectivity index (χ4v) is 2.39. The van der Waals surface area contributed by atoms with Crippen molar-refractivity contribution in [2.45, 2.75) is 6.92 Å². The van der Waals surface area contributed by atoms with Gasteiger partial charge in [-0.2, -0.15) is 10.1 Å². The SMILES string of the molecule is CC1=NN(c2ccc(F)cc2)C(=O)C1=Cc1c(O)[nH]c(=S)[nH]c1=O. The number of benzene rings is 1. The summed E-state index contributed by atoms with van der Waals surface area (Å²) in [5, 5.41) is 15.0. The number of aromatic amines is 2. The summed E-state index contributed by atoms with van der Waals surface area (Å²) in [6.45, 7) is 1.59. The number of aromatic hydroxyl groups is 1. The van der Waals surface area contributed by atoms with Gasteiger partial charge in [0.25, 0.3) is 11.5 Å². The molecule has 3 rings (SSSR count). The fourth-order valence-electron chi connectivity index (χ4n) is 2.20. The second kappa shape index (κ2) is 5.85. The van der Waals surface area contributed by atoms with Crippen LogP contribution >= 0.6 is 12.2 Å². The molecule has 0 spiro atoms. The molecule has 0 fully saturated rings. The molecule has 9 heteroatoms. The lowest BCUT2D eigenvalue weighted by molar-refractivity contribution is -0.114. The largest absolute Gasteiger partial charge is 0.494 e. The van der Waals surface area contributed by atoms with E-state index in [4.69, 9.17) is 12.2 Å². The number of carbonyl (C=O) groups excluding carboxylic acids is 1. The first-order valence-corrected chi connectivity index (χ1v) is 7.20. The first-order valence-electron chi connectivity index (χ1n) is 6.79. The van der Waals surface area contributed by atoms with Crippen LogP contribution in [0.5, 0.6) is 5.88 Å². The highest BCUT2D eigenvalue weighted by molar-refractivity contribution is 7.71. The third-order valence-electron chi connectivity index (χ3n) is 3.38. The van der Waals surface area contributed by atoms with Crippen molar-refractivity contribution in [2.24, 2.45) is 5.10 Å². The summed E-state index contributed by atoms with van der Waals surface area (Å²) in [7, 11) is 0. The second-order valence-electron chi connectivity index (χ2n) is 5.01. The third kappa shape index (κ3) is 2.76. The molecule has 0 unspecified atom stereocenters. The van der Waals surface area contributed by atoms with E-state index in [1.807, 2.05) is 0 Å². The lowest BCUT2D eigenvalue weighted by Gasteiger charge is -2.11. The highest BCUT2D eigenvalue weighted by Crippen LogP contribution is 2.25.